The quantitative estimate of drug-likeness (QED) is 0.711. The molecule has 1 aromatic carbocycles. The maximum Gasteiger partial charge on any atom is 0.134 e. The molecule has 2 aromatic rings. The van der Waals surface area contributed by atoms with Gasteiger partial charge in [-0.2, -0.15) is 5.26 Å². The Morgan fingerprint density at radius 3 is 2.52 bits per heavy atom. The van der Waals surface area contributed by atoms with Crippen LogP contribution in [0.2, 0.25) is 0 Å². The van der Waals surface area contributed by atoms with Gasteiger partial charge >= 0.3 is 0 Å². The van der Waals surface area contributed by atoms with Crippen LogP contribution in [0.25, 0.3) is 0 Å². The summed E-state index contributed by atoms with van der Waals surface area (Å²) >= 11 is 1.70. The monoisotopic (exact) mass is 349 g/mol. The minimum absolute atomic E-state index is 0.806. The van der Waals surface area contributed by atoms with Crippen LogP contribution in [0.3, 0.4) is 0 Å². The Kier molecular flexibility index (Phi) is 4.85. The maximum absolute atomic E-state index is 9.52. The molecule has 3 nitrogen and oxygen atoms in total. The topological polar surface area (TPSA) is 39.4 Å². The molecule has 0 unspecified atom stereocenters. The Bertz CT molecular complexity index is 805. The van der Waals surface area contributed by atoms with E-state index in [1.807, 2.05) is 6.21 Å². The number of benzene rings is 1. The van der Waals surface area contributed by atoms with E-state index in [1.54, 1.807) is 11.3 Å². The molecular weight excluding hydrogens is 326 g/mol. The van der Waals surface area contributed by atoms with E-state index in [0.29, 0.717) is 0 Å². The highest BCUT2D eigenvalue weighted by molar-refractivity contribution is 7.16. The third-order valence-corrected chi connectivity index (χ3v) is 6.41. The molecule has 1 saturated heterocycles. The number of hydrogen-bond donors (Lipinski definition) is 0. The van der Waals surface area contributed by atoms with Crippen molar-refractivity contribution in [2.24, 2.45) is 4.99 Å². The van der Waals surface area contributed by atoms with Crippen molar-refractivity contribution in [1.29, 1.82) is 5.26 Å². The second kappa shape index (κ2) is 7.41. The van der Waals surface area contributed by atoms with Crippen LogP contribution in [-0.4, -0.2) is 19.3 Å². The molecule has 4 rings (SSSR count). The van der Waals surface area contributed by atoms with E-state index >= 15 is 0 Å². The molecule has 0 spiro atoms. The molecule has 0 saturated carbocycles. The zero-order valence-electron chi connectivity index (χ0n) is 14.5. The van der Waals surface area contributed by atoms with Gasteiger partial charge < -0.3 is 4.90 Å². The highest BCUT2D eigenvalue weighted by Gasteiger charge is 2.20. The second-order valence-electron chi connectivity index (χ2n) is 6.90. The molecule has 0 N–H and O–H groups in total. The van der Waals surface area contributed by atoms with Crippen molar-refractivity contribution in [3.8, 4) is 6.07 Å². The predicted octanol–water partition coefficient (Wildman–Crippen LogP) is 5.24. The normalized spacial score (nSPS) is 17.5. The summed E-state index contributed by atoms with van der Waals surface area (Å²) in [6, 6.07) is 11.0. The van der Waals surface area contributed by atoms with Gasteiger partial charge in [-0.1, -0.05) is 12.1 Å². The first kappa shape index (κ1) is 16.4. The van der Waals surface area contributed by atoms with Crippen molar-refractivity contribution in [3.63, 3.8) is 0 Å². The first-order valence-electron chi connectivity index (χ1n) is 9.29. The van der Waals surface area contributed by atoms with E-state index in [0.717, 1.165) is 29.0 Å². The van der Waals surface area contributed by atoms with Gasteiger partial charge in [0.05, 0.1) is 5.56 Å². The zero-order valence-corrected chi connectivity index (χ0v) is 15.3. The van der Waals surface area contributed by atoms with Crippen molar-refractivity contribution in [1.82, 2.24) is 0 Å². The van der Waals surface area contributed by atoms with E-state index in [1.165, 1.54) is 61.3 Å². The van der Waals surface area contributed by atoms with Gasteiger partial charge in [-0.3, -0.25) is 0 Å². The molecule has 0 atom stereocenters. The van der Waals surface area contributed by atoms with Crippen molar-refractivity contribution in [2.75, 3.05) is 18.0 Å². The lowest BCUT2D eigenvalue weighted by Crippen LogP contribution is -2.29. The summed E-state index contributed by atoms with van der Waals surface area (Å²) < 4.78 is 0. The number of hydrogen-bond acceptors (Lipinski definition) is 4. The van der Waals surface area contributed by atoms with Crippen molar-refractivity contribution < 1.29 is 0 Å². The molecule has 0 radical (unpaired) electrons. The first-order chi connectivity index (χ1) is 12.3. The fraction of sp³-hybridized carbons (Fsp3) is 0.429. The van der Waals surface area contributed by atoms with Gasteiger partial charge in [-0.25, -0.2) is 4.99 Å². The number of aliphatic imine (C=N–C) groups is 1. The van der Waals surface area contributed by atoms with Crippen LogP contribution in [0, 0.1) is 11.3 Å². The molecule has 2 aliphatic rings. The van der Waals surface area contributed by atoms with Crippen LogP contribution in [0.15, 0.2) is 29.3 Å². The summed E-state index contributed by atoms with van der Waals surface area (Å²) in [5.41, 5.74) is 4.46. The molecule has 128 valence electrons. The van der Waals surface area contributed by atoms with Gasteiger partial charge in [-0.05, 0) is 68.2 Å². The van der Waals surface area contributed by atoms with Crippen LogP contribution in [0.5, 0.6) is 0 Å². The minimum atomic E-state index is 0.806. The van der Waals surface area contributed by atoms with E-state index < -0.39 is 0 Å². The average Bonchev–Trinajstić information content (AvgIpc) is 3.05. The fourth-order valence-electron chi connectivity index (χ4n) is 3.81. The van der Waals surface area contributed by atoms with Crippen LogP contribution in [0.4, 0.5) is 10.7 Å². The molecule has 1 aliphatic heterocycles. The molecule has 25 heavy (non-hydrogen) atoms. The average molecular weight is 350 g/mol. The molecule has 0 amide bonds. The summed E-state index contributed by atoms with van der Waals surface area (Å²) in [5.74, 6) is 0. The van der Waals surface area contributed by atoms with E-state index in [4.69, 9.17) is 0 Å². The number of nitriles is 1. The fourth-order valence-corrected chi connectivity index (χ4v) is 5.00. The standard InChI is InChI=1S/C21H23N3S/c22-14-19-18-6-2-3-7-20(18)25-21(19)23-15-16-8-10-17(11-9-16)24-12-4-1-5-13-24/h8-11,15H,1-7,12-13H2/b23-15+. The lowest BCUT2D eigenvalue weighted by atomic mass is 9.96. The van der Waals surface area contributed by atoms with E-state index in [2.05, 4.69) is 40.2 Å². The Balaban J connectivity index is 1.52. The summed E-state index contributed by atoms with van der Waals surface area (Å²) in [7, 11) is 0. The van der Waals surface area contributed by atoms with Gasteiger partial charge in [0.25, 0.3) is 0 Å². The van der Waals surface area contributed by atoms with Crippen molar-refractivity contribution >= 4 is 28.2 Å². The van der Waals surface area contributed by atoms with Gasteiger partial charge in [0.1, 0.15) is 11.1 Å². The number of anilines is 1. The molecular formula is C21H23N3S. The van der Waals surface area contributed by atoms with Gasteiger partial charge in [0.2, 0.25) is 0 Å². The van der Waals surface area contributed by atoms with Crippen LogP contribution < -0.4 is 4.90 Å². The summed E-state index contributed by atoms with van der Waals surface area (Å²) in [4.78, 5) is 8.49. The third kappa shape index (κ3) is 3.48. The van der Waals surface area contributed by atoms with E-state index in [-0.39, 0.29) is 0 Å². The number of thiophene rings is 1. The molecule has 1 fully saturated rings. The zero-order chi connectivity index (χ0) is 17.1. The molecule has 2 heterocycles. The summed E-state index contributed by atoms with van der Waals surface area (Å²) in [5, 5.41) is 10.4. The molecule has 1 aliphatic carbocycles. The largest absolute Gasteiger partial charge is 0.372 e. The Morgan fingerprint density at radius 2 is 1.76 bits per heavy atom. The van der Waals surface area contributed by atoms with Gasteiger partial charge in [0.15, 0.2) is 0 Å². The Labute approximate surface area is 153 Å². The van der Waals surface area contributed by atoms with Crippen LogP contribution in [0.1, 0.15) is 53.7 Å². The van der Waals surface area contributed by atoms with Gasteiger partial charge in [0, 0.05) is 29.9 Å². The predicted molar refractivity (Wildman–Crippen MR) is 105 cm³/mol. The number of aryl methyl sites for hydroxylation is 1. The third-order valence-electron chi connectivity index (χ3n) is 5.21. The number of fused-ring (bicyclic) bond motifs is 1. The number of nitrogens with zero attached hydrogens (tertiary/aromatic N) is 3. The first-order valence-corrected chi connectivity index (χ1v) is 10.1. The maximum atomic E-state index is 9.52. The minimum Gasteiger partial charge on any atom is -0.372 e. The smallest absolute Gasteiger partial charge is 0.134 e. The highest BCUT2D eigenvalue weighted by atomic mass is 32.1. The molecule has 4 heteroatoms. The van der Waals surface area contributed by atoms with Crippen LogP contribution >= 0.6 is 11.3 Å². The van der Waals surface area contributed by atoms with Crippen molar-refractivity contribution in [2.45, 2.75) is 44.9 Å². The Morgan fingerprint density at radius 1 is 1.00 bits per heavy atom. The lowest BCUT2D eigenvalue weighted by Gasteiger charge is -2.28. The summed E-state index contributed by atoms with van der Waals surface area (Å²) in [6.45, 7) is 2.33. The van der Waals surface area contributed by atoms with Gasteiger partial charge in [-0.15, -0.1) is 11.3 Å². The van der Waals surface area contributed by atoms with Crippen LogP contribution in [-0.2, 0) is 12.8 Å². The lowest BCUT2D eigenvalue weighted by molar-refractivity contribution is 0.578. The number of rotatable bonds is 3. The SMILES string of the molecule is N#Cc1c(/N=C/c2ccc(N3CCCCC3)cc2)sc2c1CCCC2. The Hall–Kier alpha value is -2.12. The summed E-state index contributed by atoms with van der Waals surface area (Å²) in [6.07, 6.45) is 10.4. The molecule has 1 aromatic heterocycles. The van der Waals surface area contributed by atoms with E-state index in [9.17, 15) is 5.26 Å². The highest BCUT2D eigenvalue weighted by Crippen LogP contribution is 2.39. The number of piperidine rings is 1. The molecule has 0 bridgehead atoms. The van der Waals surface area contributed by atoms with Crippen molar-refractivity contribution in [3.05, 3.63) is 45.8 Å². The second-order valence-corrected chi connectivity index (χ2v) is 7.98.